The summed E-state index contributed by atoms with van der Waals surface area (Å²) in [5, 5.41) is 13.0. The highest BCUT2D eigenvalue weighted by molar-refractivity contribution is 7.93. The molecule has 0 radical (unpaired) electrons. The Morgan fingerprint density at radius 1 is 1.09 bits per heavy atom. The topological polar surface area (TPSA) is 127 Å². The number of halogens is 3. The van der Waals surface area contributed by atoms with Crippen LogP contribution in [0.15, 0.2) is 70.7 Å². The number of aromatic nitrogens is 3. The summed E-state index contributed by atoms with van der Waals surface area (Å²) in [5.41, 5.74) is -1.88. The molecule has 0 bridgehead atoms. The number of fused-ring (bicyclic) bond motifs is 1. The number of nitrogens with zero attached hydrogens (tertiary/aromatic N) is 4. The first kappa shape index (κ1) is 24.3. The summed E-state index contributed by atoms with van der Waals surface area (Å²) in [5.74, 6) is 0. The van der Waals surface area contributed by atoms with Gasteiger partial charge in [-0.1, -0.05) is 24.3 Å². The Morgan fingerprint density at radius 3 is 2.37 bits per heavy atom. The smallest absolute Gasteiger partial charge is 0.275 e. The van der Waals surface area contributed by atoms with Gasteiger partial charge in [0.15, 0.2) is 5.69 Å². The Hall–Kier alpha value is -3.83. The molecule has 4 aromatic rings. The normalized spacial score (nSPS) is 12.5. The number of anilines is 1. The average molecular weight is 524 g/mol. The number of hydrogen-bond acceptors (Lipinski definition) is 6. The predicted molar refractivity (Wildman–Crippen MR) is 119 cm³/mol. The Labute approximate surface area is 198 Å². The van der Waals surface area contributed by atoms with E-state index in [0.29, 0.717) is 16.1 Å². The van der Waals surface area contributed by atoms with Crippen LogP contribution < -0.4 is 4.72 Å². The summed E-state index contributed by atoms with van der Waals surface area (Å²) in [6, 6.07) is 10.8. The van der Waals surface area contributed by atoms with Gasteiger partial charge in [-0.05, 0) is 31.2 Å². The zero-order valence-electron chi connectivity index (χ0n) is 17.9. The van der Waals surface area contributed by atoms with E-state index in [4.69, 9.17) is 0 Å². The molecule has 0 saturated carbocycles. The van der Waals surface area contributed by atoms with Gasteiger partial charge in [-0.25, -0.2) is 20.8 Å². The van der Waals surface area contributed by atoms with Gasteiger partial charge in [-0.2, -0.15) is 23.5 Å². The first-order valence-corrected chi connectivity index (χ1v) is 12.8. The highest BCUT2D eigenvalue weighted by Crippen LogP contribution is 2.36. The van der Waals surface area contributed by atoms with Gasteiger partial charge in [0.25, 0.3) is 20.0 Å². The molecule has 0 atom stereocenters. The third-order valence-electron chi connectivity index (χ3n) is 5.14. The van der Waals surface area contributed by atoms with Gasteiger partial charge in [0, 0.05) is 18.1 Å². The zero-order chi connectivity index (χ0) is 25.6. The molecule has 14 heteroatoms. The van der Waals surface area contributed by atoms with Gasteiger partial charge in [0.05, 0.1) is 22.2 Å². The fraction of sp³-hybridized carbons (Fsp3) is 0.143. The fourth-order valence-corrected chi connectivity index (χ4v) is 6.19. The van der Waals surface area contributed by atoms with E-state index in [1.54, 1.807) is 13.0 Å². The molecule has 0 spiro atoms. The molecule has 35 heavy (non-hydrogen) atoms. The Balaban J connectivity index is 1.96. The molecule has 0 aliphatic rings. The monoisotopic (exact) mass is 523 g/mol. The van der Waals surface area contributed by atoms with Crippen molar-refractivity contribution in [2.24, 2.45) is 0 Å². The van der Waals surface area contributed by atoms with Gasteiger partial charge in [0.1, 0.15) is 16.7 Å². The molecule has 2 aromatic carbocycles. The lowest BCUT2D eigenvalue weighted by molar-refractivity contribution is -0.137. The second-order valence-electron chi connectivity index (χ2n) is 7.28. The molecule has 2 heterocycles. The first-order valence-electron chi connectivity index (χ1n) is 9.92. The van der Waals surface area contributed by atoms with Crippen molar-refractivity contribution in [2.75, 3.05) is 4.72 Å². The SMILES string of the molecule is CCn1ncc(NS(=O)(=O)c2cn(S(=O)(=O)c3ccccc3)c3cc(C(F)(F)F)ccc23)c1C#N. The third-order valence-corrected chi connectivity index (χ3v) is 8.22. The fourth-order valence-electron chi connectivity index (χ4n) is 3.48. The maximum Gasteiger partial charge on any atom is 0.416 e. The highest BCUT2D eigenvalue weighted by Gasteiger charge is 2.34. The quantitative estimate of drug-likeness (QED) is 0.410. The lowest BCUT2D eigenvalue weighted by Gasteiger charge is -2.10. The molecule has 0 amide bonds. The lowest BCUT2D eigenvalue weighted by Crippen LogP contribution is -2.15. The van der Waals surface area contributed by atoms with Crippen LogP contribution in [0.3, 0.4) is 0 Å². The molecule has 182 valence electrons. The molecule has 0 saturated heterocycles. The summed E-state index contributed by atoms with van der Waals surface area (Å²) >= 11 is 0. The minimum atomic E-state index is -4.80. The third kappa shape index (κ3) is 4.24. The molecule has 1 N–H and O–H groups in total. The van der Waals surface area contributed by atoms with E-state index in [1.807, 2.05) is 6.07 Å². The van der Waals surface area contributed by atoms with E-state index < -0.39 is 42.2 Å². The number of alkyl halides is 3. The van der Waals surface area contributed by atoms with Crippen molar-refractivity contribution >= 4 is 36.6 Å². The van der Waals surface area contributed by atoms with Crippen LogP contribution in [0, 0.1) is 11.3 Å². The molecule has 0 fully saturated rings. The minimum Gasteiger partial charge on any atom is -0.275 e. The standard InChI is InChI=1S/C21H16F3N5O4S2/c1-2-28-19(11-25)17(12-26-28)27-34(30,31)20-13-29(35(32,33)15-6-4-3-5-7-15)18-10-14(21(22,23)24)8-9-16(18)20/h3-10,12-13,27H,2H2,1H3. The van der Waals surface area contributed by atoms with Crippen LogP contribution in [0.1, 0.15) is 18.2 Å². The lowest BCUT2D eigenvalue weighted by atomic mass is 10.1. The molecule has 0 unspecified atom stereocenters. The van der Waals surface area contributed by atoms with E-state index >= 15 is 0 Å². The van der Waals surface area contributed by atoms with Crippen molar-refractivity contribution in [1.29, 1.82) is 5.26 Å². The van der Waals surface area contributed by atoms with Crippen molar-refractivity contribution in [3.8, 4) is 6.07 Å². The molecule has 0 aliphatic heterocycles. The molecular formula is C21H16F3N5O4S2. The number of nitrogens with one attached hydrogen (secondary N) is 1. The molecule has 0 aliphatic carbocycles. The zero-order valence-corrected chi connectivity index (χ0v) is 19.5. The van der Waals surface area contributed by atoms with Crippen molar-refractivity contribution < 1.29 is 30.0 Å². The maximum atomic E-state index is 13.4. The predicted octanol–water partition coefficient (Wildman–Crippen LogP) is 3.79. The number of nitriles is 1. The average Bonchev–Trinajstić information content (AvgIpc) is 3.39. The van der Waals surface area contributed by atoms with Gasteiger partial charge < -0.3 is 0 Å². The highest BCUT2D eigenvalue weighted by atomic mass is 32.2. The van der Waals surface area contributed by atoms with Crippen molar-refractivity contribution in [1.82, 2.24) is 13.8 Å². The first-order chi connectivity index (χ1) is 16.4. The number of benzene rings is 2. The van der Waals surface area contributed by atoms with Gasteiger partial charge in [-0.15, -0.1) is 0 Å². The van der Waals surface area contributed by atoms with E-state index in [9.17, 15) is 35.3 Å². The number of hydrogen-bond donors (Lipinski definition) is 1. The van der Waals surface area contributed by atoms with E-state index in [2.05, 4.69) is 9.82 Å². The number of aryl methyl sites for hydroxylation is 1. The van der Waals surface area contributed by atoms with Crippen molar-refractivity contribution in [2.45, 2.75) is 29.4 Å². The molecule has 2 aromatic heterocycles. The summed E-state index contributed by atoms with van der Waals surface area (Å²) in [7, 11) is -9.02. The summed E-state index contributed by atoms with van der Waals surface area (Å²) in [6.45, 7) is 1.96. The van der Waals surface area contributed by atoms with Crippen LogP contribution in [-0.2, 0) is 32.8 Å². The minimum absolute atomic E-state index is 0.0870. The molecule has 4 rings (SSSR count). The largest absolute Gasteiger partial charge is 0.416 e. The molecular weight excluding hydrogens is 507 g/mol. The maximum absolute atomic E-state index is 13.4. The second-order valence-corrected chi connectivity index (χ2v) is 10.7. The van der Waals surface area contributed by atoms with Crippen molar-refractivity contribution in [3.05, 3.63) is 72.2 Å². The Morgan fingerprint density at radius 2 is 1.77 bits per heavy atom. The van der Waals surface area contributed by atoms with Crippen LogP contribution in [0.2, 0.25) is 0 Å². The second kappa shape index (κ2) is 8.43. The Bertz CT molecular complexity index is 1680. The van der Waals surface area contributed by atoms with E-state index in [-0.39, 0.29) is 28.2 Å². The van der Waals surface area contributed by atoms with Crippen LogP contribution in [-0.4, -0.2) is 30.6 Å². The van der Waals surface area contributed by atoms with Crippen molar-refractivity contribution in [3.63, 3.8) is 0 Å². The van der Waals surface area contributed by atoms with Gasteiger partial charge in [0.2, 0.25) is 0 Å². The van der Waals surface area contributed by atoms with Crippen LogP contribution in [0.4, 0.5) is 18.9 Å². The van der Waals surface area contributed by atoms with Gasteiger partial charge in [-0.3, -0.25) is 9.40 Å². The summed E-state index contributed by atoms with van der Waals surface area (Å²) in [6.07, 6.45) is -2.94. The summed E-state index contributed by atoms with van der Waals surface area (Å²) in [4.78, 5) is -0.837. The molecule has 9 nitrogen and oxygen atoms in total. The van der Waals surface area contributed by atoms with E-state index in [0.717, 1.165) is 18.5 Å². The van der Waals surface area contributed by atoms with Crippen LogP contribution in [0.25, 0.3) is 10.9 Å². The number of sulfonamides is 1. The van der Waals surface area contributed by atoms with Crippen LogP contribution in [0.5, 0.6) is 0 Å². The van der Waals surface area contributed by atoms with Gasteiger partial charge >= 0.3 is 6.18 Å². The number of rotatable bonds is 6. The Kier molecular flexibility index (Phi) is 5.86. The summed E-state index contributed by atoms with van der Waals surface area (Å²) < 4.78 is 97.1. The van der Waals surface area contributed by atoms with Crippen LogP contribution >= 0.6 is 0 Å². The van der Waals surface area contributed by atoms with E-state index in [1.165, 1.54) is 28.9 Å².